The molecule has 0 unspecified atom stereocenters. The summed E-state index contributed by atoms with van der Waals surface area (Å²) in [7, 11) is 0. The van der Waals surface area contributed by atoms with Crippen molar-refractivity contribution in [1.29, 1.82) is 0 Å². The van der Waals surface area contributed by atoms with E-state index in [2.05, 4.69) is 31.5 Å². The van der Waals surface area contributed by atoms with Gasteiger partial charge in [-0.1, -0.05) is 34.5 Å². The fraction of sp³-hybridized carbons (Fsp3) is 0.188. The third kappa shape index (κ3) is 5.43. The lowest BCUT2D eigenvalue weighted by atomic mass is 10.2. The van der Waals surface area contributed by atoms with Gasteiger partial charge in [-0.25, -0.2) is 4.98 Å². The molecule has 1 aromatic heterocycles. The summed E-state index contributed by atoms with van der Waals surface area (Å²) in [5.74, 6) is 0.148. The van der Waals surface area contributed by atoms with Crippen molar-refractivity contribution in [2.24, 2.45) is 0 Å². The third-order valence-corrected chi connectivity index (χ3v) is 3.78. The van der Waals surface area contributed by atoms with Crippen molar-refractivity contribution in [3.63, 3.8) is 0 Å². The van der Waals surface area contributed by atoms with Crippen LogP contribution in [0.1, 0.15) is 23.7 Å². The SMILES string of the molecule is CCCOc1ccc(Br)cc1C(=O)NC(=S)Nc1ccc(Cl)nc1. The molecule has 1 heterocycles. The van der Waals surface area contributed by atoms with Gasteiger partial charge in [0.15, 0.2) is 5.11 Å². The van der Waals surface area contributed by atoms with E-state index in [9.17, 15) is 4.79 Å². The average molecular weight is 429 g/mol. The summed E-state index contributed by atoms with van der Waals surface area (Å²) in [5, 5.41) is 6.03. The summed E-state index contributed by atoms with van der Waals surface area (Å²) >= 11 is 14.2. The minimum Gasteiger partial charge on any atom is -0.493 e. The van der Waals surface area contributed by atoms with Gasteiger partial charge in [-0.2, -0.15) is 0 Å². The number of aromatic nitrogens is 1. The van der Waals surface area contributed by atoms with E-state index >= 15 is 0 Å². The van der Waals surface area contributed by atoms with Gasteiger partial charge in [-0.3, -0.25) is 10.1 Å². The van der Waals surface area contributed by atoms with E-state index in [0.717, 1.165) is 10.9 Å². The van der Waals surface area contributed by atoms with Crippen molar-refractivity contribution in [1.82, 2.24) is 10.3 Å². The topological polar surface area (TPSA) is 63.2 Å². The highest BCUT2D eigenvalue weighted by atomic mass is 79.9. The van der Waals surface area contributed by atoms with Crippen LogP contribution in [0.25, 0.3) is 0 Å². The first-order chi connectivity index (χ1) is 11.5. The molecule has 0 atom stereocenters. The summed E-state index contributed by atoms with van der Waals surface area (Å²) in [5.41, 5.74) is 1.03. The lowest BCUT2D eigenvalue weighted by Gasteiger charge is -2.13. The Bertz CT molecular complexity index is 741. The molecule has 0 radical (unpaired) electrons. The van der Waals surface area contributed by atoms with Gasteiger partial charge in [0.25, 0.3) is 5.91 Å². The predicted octanol–water partition coefficient (Wildman–Crippen LogP) is 4.41. The fourth-order valence-electron chi connectivity index (χ4n) is 1.80. The maximum Gasteiger partial charge on any atom is 0.261 e. The number of anilines is 1. The highest BCUT2D eigenvalue weighted by Crippen LogP contribution is 2.23. The summed E-state index contributed by atoms with van der Waals surface area (Å²) in [4.78, 5) is 16.4. The Kier molecular flexibility index (Phi) is 6.96. The van der Waals surface area contributed by atoms with E-state index in [1.165, 1.54) is 6.20 Å². The van der Waals surface area contributed by atoms with Crippen LogP contribution in [-0.4, -0.2) is 22.6 Å². The summed E-state index contributed by atoms with van der Waals surface area (Å²) in [6.45, 7) is 2.53. The Hall–Kier alpha value is -1.70. The number of halogens is 2. The van der Waals surface area contributed by atoms with Crippen LogP contribution >= 0.6 is 39.7 Å². The molecule has 0 aliphatic rings. The molecular weight excluding hydrogens is 414 g/mol. The van der Waals surface area contributed by atoms with Crippen LogP contribution in [0.15, 0.2) is 41.0 Å². The molecule has 0 fully saturated rings. The highest BCUT2D eigenvalue weighted by Gasteiger charge is 2.15. The number of rotatable bonds is 5. The van der Waals surface area contributed by atoms with Crippen molar-refractivity contribution in [3.05, 3.63) is 51.7 Å². The maximum absolute atomic E-state index is 12.5. The standard InChI is InChI=1S/C16H15BrClN3O2S/c1-2-7-23-13-5-3-10(17)8-12(13)15(22)21-16(24)20-11-4-6-14(18)19-9-11/h3-6,8-9H,2,7H2,1H3,(H2,20,21,22,24). The van der Waals surface area contributed by atoms with Crippen molar-refractivity contribution < 1.29 is 9.53 Å². The highest BCUT2D eigenvalue weighted by molar-refractivity contribution is 9.10. The first-order valence-electron chi connectivity index (χ1n) is 7.16. The zero-order valence-electron chi connectivity index (χ0n) is 12.8. The van der Waals surface area contributed by atoms with Crippen molar-refractivity contribution >= 4 is 56.5 Å². The minimum atomic E-state index is -0.359. The Balaban J connectivity index is 2.06. The van der Waals surface area contributed by atoms with E-state index < -0.39 is 0 Å². The Morgan fingerprint density at radius 3 is 2.83 bits per heavy atom. The van der Waals surface area contributed by atoms with Crippen molar-refractivity contribution in [2.45, 2.75) is 13.3 Å². The normalized spacial score (nSPS) is 10.1. The molecule has 0 saturated heterocycles. The summed E-state index contributed by atoms with van der Waals surface area (Å²) in [6, 6.07) is 8.58. The Morgan fingerprint density at radius 1 is 1.38 bits per heavy atom. The van der Waals surface area contributed by atoms with Crippen LogP contribution in [0.3, 0.4) is 0 Å². The van der Waals surface area contributed by atoms with Crippen molar-refractivity contribution in [3.8, 4) is 5.75 Å². The number of hydrogen-bond acceptors (Lipinski definition) is 4. The molecule has 8 heteroatoms. The number of carbonyl (C=O) groups excluding carboxylic acids is 1. The molecule has 5 nitrogen and oxygen atoms in total. The number of nitrogens with one attached hydrogen (secondary N) is 2. The van der Waals surface area contributed by atoms with Crippen LogP contribution < -0.4 is 15.4 Å². The maximum atomic E-state index is 12.5. The molecule has 126 valence electrons. The summed E-state index contributed by atoms with van der Waals surface area (Å²) in [6.07, 6.45) is 2.37. The molecule has 2 aromatic rings. The summed E-state index contributed by atoms with van der Waals surface area (Å²) < 4.78 is 6.38. The van der Waals surface area contributed by atoms with Crippen LogP contribution in [0.5, 0.6) is 5.75 Å². The molecule has 1 amide bonds. The first-order valence-corrected chi connectivity index (χ1v) is 8.73. The minimum absolute atomic E-state index is 0.158. The lowest BCUT2D eigenvalue weighted by molar-refractivity contribution is 0.0973. The fourth-order valence-corrected chi connectivity index (χ4v) is 2.48. The number of amides is 1. The van der Waals surface area contributed by atoms with Gasteiger partial charge in [-0.15, -0.1) is 0 Å². The average Bonchev–Trinajstić information content (AvgIpc) is 2.55. The number of hydrogen-bond donors (Lipinski definition) is 2. The monoisotopic (exact) mass is 427 g/mol. The van der Waals surface area contributed by atoms with Crippen LogP contribution in [0.4, 0.5) is 5.69 Å². The Labute approximate surface area is 158 Å². The Morgan fingerprint density at radius 2 is 2.17 bits per heavy atom. The number of thiocarbonyl (C=S) groups is 1. The smallest absolute Gasteiger partial charge is 0.261 e. The van der Waals surface area contributed by atoms with E-state index in [0.29, 0.717) is 28.8 Å². The van der Waals surface area contributed by atoms with Crippen LogP contribution in [0.2, 0.25) is 5.15 Å². The van der Waals surface area contributed by atoms with Crippen LogP contribution in [0, 0.1) is 0 Å². The second-order valence-electron chi connectivity index (χ2n) is 4.77. The third-order valence-electron chi connectivity index (χ3n) is 2.86. The molecule has 0 saturated carbocycles. The van der Waals surface area contributed by atoms with Gasteiger partial charge >= 0.3 is 0 Å². The second kappa shape index (κ2) is 8.96. The van der Waals surface area contributed by atoms with E-state index in [4.69, 9.17) is 28.6 Å². The zero-order chi connectivity index (χ0) is 17.5. The van der Waals surface area contributed by atoms with Gasteiger partial charge in [-0.05, 0) is 49.0 Å². The van der Waals surface area contributed by atoms with Gasteiger partial charge in [0.2, 0.25) is 0 Å². The van der Waals surface area contributed by atoms with Gasteiger partial charge < -0.3 is 10.1 Å². The molecule has 2 N–H and O–H groups in total. The quantitative estimate of drug-likeness (QED) is 0.545. The molecule has 2 rings (SSSR count). The number of nitrogens with zero attached hydrogens (tertiary/aromatic N) is 1. The lowest BCUT2D eigenvalue weighted by Crippen LogP contribution is -2.34. The molecule has 24 heavy (non-hydrogen) atoms. The number of benzene rings is 1. The van der Waals surface area contributed by atoms with Gasteiger partial charge in [0.05, 0.1) is 24.1 Å². The number of pyridine rings is 1. The largest absolute Gasteiger partial charge is 0.493 e. The van der Waals surface area contributed by atoms with E-state index in [1.54, 1.807) is 24.3 Å². The molecular formula is C16H15BrClN3O2S. The molecule has 1 aromatic carbocycles. The van der Waals surface area contributed by atoms with E-state index in [-0.39, 0.29) is 11.0 Å². The molecule has 0 bridgehead atoms. The number of carbonyl (C=O) groups is 1. The van der Waals surface area contributed by atoms with Gasteiger partial charge in [0.1, 0.15) is 10.9 Å². The van der Waals surface area contributed by atoms with Crippen LogP contribution in [-0.2, 0) is 0 Å². The first kappa shape index (κ1) is 18.6. The number of ether oxygens (including phenoxy) is 1. The molecule has 0 aliphatic heterocycles. The zero-order valence-corrected chi connectivity index (χ0v) is 16.0. The molecule has 0 aliphatic carbocycles. The van der Waals surface area contributed by atoms with E-state index in [1.807, 2.05) is 13.0 Å². The van der Waals surface area contributed by atoms with Crippen molar-refractivity contribution in [2.75, 3.05) is 11.9 Å². The predicted molar refractivity (Wildman–Crippen MR) is 103 cm³/mol. The second-order valence-corrected chi connectivity index (χ2v) is 6.48. The van der Waals surface area contributed by atoms with Gasteiger partial charge in [0, 0.05) is 4.47 Å². The molecule has 0 spiro atoms.